The molecule has 0 unspecified atom stereocenters. The molecule has 3 aromatic rings. The van der Waals surface area contributed by atoms with Gasteiger partial charge in [0.15, 0.2) is 0 Å². The van der Waals surface area contributed by atoms with E-state index < -0.39 is 0 Å². The van der Waals surface area contributed by atoms with Crippen molar-refractivity contribution in [1.82, 2.24) is 0 Å². The second-order valence-electron chi connectivity index (χ2n) is 7.06. The van der Waals surface area contributed by atoms with Gasteiger partial charge in [-0.15, -0.1) is 11.3 Å². The summed E-state index contributed by atoms with van der Waals surface area (Å²) < 4.78 is 0.910. The van der Waals surface area contributed by atoms with Gasteiger partial charge in [0, 0.05) is 39.6 Å². The molecule has 0 atom stereocenters. The normalized spacial score (nSPS) is 15.3. The molecule has 2 heterocycles. The average Bonchev–Trinajstić information content (AvgIpc) is 2.99. The summed E-state index contributed by atoms with van der Waals surface area (Å²) in [5.41, 5.74) is 1.97. The summed E-state index contributed by atoms with van der Waals surface area (Å²) in [6.45, 7) is 4.49. The lowest BCUT2D eigenvalue weighted by molar-refractivity contribution is 0.103. The maximum absolute atomic E-state index is 12.7. The van der Waals surface area contributed by atoms with Crippen molar-refractivity contribution >= 4 is 61.9 Å². The molecule has 0 saturated carbocycles. The van der Waals surface area contributed by atoms with Gasteiger partial charge in [-0.2, -0.15) is 0 Å². The Bertz CT molecular complexity index is 976. The van der Waals surface area contributed by atoms with Gasteiger partial charge in [-0.3, -0.25) is 4.79 Å². The molecule has 0 aliphatic carbocycles. The van der Waals surface area contributed by atoms with E-state index in [1.807, 2.05) is 24.3 Å². The number of halogens is 2. The van der Waals surface area contributed by atoms with Crippen LogP contribution in [0.3, 0.4) is 0 Å². The van der Waals surface area contributed by atoms with Crippen LogP contribution in [0, 0.1) is 5.92 Å². The fourth-order valence-corrected chi connectivity index (χ4v) is 5.08. The molecular formula is C21H20Cl2N2OS. The fourth-order valence-electron chi connectivity index (χ4n) is 3.40. The van der Waals surface area contributed by atoms with Crippen molar-refractivity contribution in [3.63, 3.8) is 0 Å². The highest BCUT2D eigenvalue weighted by Crippen LogP contribution is 2.37. The number of hydrogen-bond donors (Lipinski definition) is 1. The number of thiophene rings is 1. The van der Waals surface area contributed by atoms with Crippen LogP contribution in [0.1, 0.15) is 29.4 Å². The highest BCUT2D eigenvalue weighted by molar-refractivity contribution is 7.21. The number of piperidine rings is 1. The Hall–Kier alpha value is -1.75. The van der Waals surface area contributed by atoms with Gasteiger partial charge in [-0.25, -0.2) is 0 Å². The average molecular weight is 419 g/mol. The number of hydrogen-bond acceptors (Lipinski definition) is 3. The lowest BCUT2D eigenvalue weighted by atomic mass is 9.99. The first-order valence-electron chi connectivity index (χ1n) is 9.05. The van der Waals surface area contributed by atoms with Crippen molar-refractivity contribution < 1.29 is 4.79 Å². The minimum Gasteiger partial charge on any atom is -0.372 e. The zero-order valence-corrected chi connectivity index (χ0v) is 17.3. The predicted molar refractivity (Wildman–Crippen MR) is 117 cm³/mol. The summed E-state index contributed by atoms with van der Waals surface area (Å²) >= 11 is 13.8. The Labute approximate surface area is 172 Å². The monoisotopic (exact) mass is 418 g/mol. The maximum atomic E-state index is 12.7. The Balaban J connectivity index is 1.49. The summed E-state index contributed by atoms with van der Waals surface area (Å²) in [6.07, 6.45) is 2.46. The number of carbonyl (C=O) groups excluding carboxylic acids is 1. The van der Waals surface area contributed by atoms with Crippen molar-refractivity contribution in [2.24, 2.45) is 5.92 Å². The van der Waals surface area contributed by atoms with Crippen LogP contribution < -0.4 is 10.2 Å². The summed E-state index contributed by atoms with van der Waals surface area (Å²) in [4.78, 5) is 15.6. The molecule has 2 aromatic carbocycles. The Kier molecular flexibility index (Phi) is 5.31. The molecule has 0 radical (unpaired) electrons. The number of anilines is 2. The molecule has 1 fully saturated rings. The number of benzene rings is 2. The third-order valence-electron chi connectivity index (χ3n) is 5.07. The molecule has 0 spiro atoms. The molecule has 6 heteroatoms. The van der Waals surface area contributed by atoms with Gasteiger partial charge in [0.25, 0.3) is 5.91 Å². The fraction of sp³-hybridized carbons (Fsp3) is 0.286. The maximum Gasteiger partial charge on any atom is 0.267 e. The molecule has 0 bridgehead atoms. The third-order valence-corrected chi connectivity index (χ3v) is 6.96. The van der Waals surface area contributed by atoms with E-state index in [4.69, 9.17) is 23.2 Å². The first-order chi connectivity index (χ1) is 13.0. The number of carbonyl (C=O) groups is 1. The van der Waals surface area contributed by atoms with Gasteiger partial charge >= 0.3 is 0 Å². The van der Waals surface area contributed by atoms with E-state index >= 15 is 0 Å². The zero-order valence-electron chi connectivity index (χ0n) is 15.0. The van der Waals surface area contributed by atoms with Crippen LogP contribution in [-0.2, 0) is 0 Å². The highest BCUT2D eigenvalue weighted by Gasteiger charge is 2.18. The number of amides is 1. The van der Waals surface area contributed by atoms with Crippen molar-refractivity contribution in [3.05, 3.63) is 57.4 Å². The van der Waals surface area contributed by atoms with E-state index in [0.717, 1.165) is 34.8 Å². The number of nitrogens with zero attached hydrogens (tertiary/aromatic N) is 1. The van der Waals surface area contributed by atoms with Crippen LogP contribution in [0.25, 0.3) is 10.1 Å². The number of nitrogens with one attached hydrogen (secondary N) is 1. The highest BCUT2D eigenvalue weighted by atomic mass is 35.5. The van der Waals surface area contributed by atoms with Gasteiger partial charge in [-0.1, -0.05) is 36.2 Å². The smallest absolute Gasteiger partial charge is 0.267 e. The van der Waals surface area contributed by atoms with Crippen molar-refractivity contribution in [2.45, 2.75) is 19.8 Å². The summed E-state index contributed by atoms with van der Waals surface area (Å²) in [5, 5.41) is 4.91. The molecule has 3 nitrogen and oxygen atoms in total. The van der Waals surface area contributed by atoms with Crippen molar-refractivity contribution in [1.29, 1.82) is 0 Å². The van der Waals surface area contributed by atoms with Gasteiger partial charge in [-0.05, 0) is 55.2 Å². The van der Waals surface area contributed by atoms with E-state index in [-0.39, 0.29) is 5.91 Å². The van der Waals surface area contributed by atoms with E-state index in [9.17, 15) is 4.79 Å². The van der Waals surface area contributed by atoms with Crippen LogP contribution >= 0.6 is 34.5 Å². The summed E-state index contributed by atoms with van der Waals surface area (Å²) in [5.74, 6) is 0.609. The quantitative estimate of drug-likeness (QED) is 0.513. The molecule has 1 aromatic heterocycles. The standard InChI is InChI=1S/C21H20Cl2N2OS/c1-13-8-10-25(11-9-13)16-5-3-15(4-6-16)24-21(26)20-19(23)17-7-2-14(22)12-18(17)27-20/h2-7,12-13H,8-11H2,1H3,(H,24,26). The molecule has 1 saturated heterocycles. The van der Waals surface area contributed by atoms with E-state index in [2.05, 4.69) is 29.3 Å². The van der Waals surface area contributed by atoms with Crippen LogP contribution in [0.4, 0.5) is 11.4 Å². The molecule has 1 N–H and O–H groups in total. The van der Waals surface area contributed by atoms with Crippen molar-refractivity contribution in [3.8, 4) is 0 Å². The van der Waals surface area contributed by atoms with Crippen LogP contribution in [0.15, 0.2) is 42.5 Å². The first kappa shape index (κ1) is 18.6. The van der Waals surface area contributed by atoms with Crippen molar-refractivity contribution in [2.75, 3.05) is 23.3 Å². The zero-order chi connectivity index (χ0) is 19.0. The molecular weight excluding hydrogens is 399 g/mol. The Morgan fingerprint density at radius 3 is 2.52 bits per heavy atom. The molecule has 4 rings (SSSR count). The Morgan fingerprint density at radius 1 is 1.11 bits per heavy atom. The number of rotatable bonds is 3. The van der Waals surface area contributed by atoms with E-state index in [0.29, 0.717) is 14.9 Å². The molecule has 1 amide bonds. The van der Waals surface area contributed by atoms with Crippen LogP contribution in [0.5, 0.6) is 0 Å². The van der Waals surface area contributed by atoms with Crippen LogP contribution in [0.2, 0.25) is 10.0 Å². The minimum absolute atomic E-state index is 0.197. The summed E-state index contributed by atoms with van der Waals surface area (Å²) in [7, 11) is 0. The van der Waals surface area contributed by atoms with E-state index in [1.54, 1.807) is 6.07 Å². The molecule has 1 aliphatic rings. The minimum atomic E-state index is -0.197. The van der Waals surface area contributed by atoms with E-state index in [1.165, 1.54) is 29.9 Å². The van der Waals surface area contributed by atoms with Crippen LogP contribution in [-0.4, -0.2) is 19.0 Å². The molecule has 1 aliphatic heterocycles. The Morgan fingerprint density at radius 2 is 1.81 bits per heavy atom. The first-order valence-corrected chi connectivity index (χ1v) is 10.6. The van der Waals surface area contributed by atoms with Gasteiger partial charge in [0.1, 0.15) is 4.88 Å². The third kappa shape index (κ3) is 3.93. The SMILES string of the molecule is CC1CCN(c2ccc(NC(=O)c3sc4cc(Cl)ccc4c3Cl)cc2)CC1. The predicted octanol–water partition coefficient (Wildman–Crippen LogP) is 6.70. The lowest BCUT2D eigenvalue weighted by Gasteiger charge is -2.32. The topological polar surface area (TPSA) is 32.3 Å². The lowest BCUT2D eigenvalue weighted by Crippen LogP contribution is -2.32. The van der Waals surface area contributed by atoms with Gasteiger partial charge in [0.2, 0.25) is 0 Å². The second kappa shape index (κ2) is 7.70. The molecule has 27 heavy (non-hydrogen) atoms. The van der Waals surface area contributed by atoms with Gasteiger partial charge in [0.05, 0.1) is 5.02 Å². The van der Waals surface area contributed by atoms with Gasteiger partial charge < -0.3 is 10.2 Å². The second-order valence-corrected chi connectivity index (χ2v) is 8.92. The molecule has 140 valence electrons. The largest absolute Gasteiger partial charge is 0.372 e. The summed E-state index contributed by atoms with van der Waals surface area (Å²) in [6, 6.07) is 13.5. The number of fused-ring (bicyclic) bond motifs is 1.